The van der Waals surface area contributed by atoms with Crippen molar-refractivity contribution in [2.45, 2.75) is 12.5 Å². The van der Waals surface area contributed by atoms with Gasteiger partial charge in [-0.05, 0) is 38.6 Å². The summed E-state index contributed by atoms with van der Waals surface area (Å²) in [6.07, 6.45) is 5.85. The van der Waals surface area contributed by atoms with Gasteiger partial charge in [0.05, 0.1) is 0 Å². The summed E-state index contributed by atoms with van der Waals surface area (Å²) in [4.78, 5) is 32.5. The van der Waals surface area contributed by atoms with Crippen LogP contribution >= 0.6 is 0 Å². The summed E-state index contributed by atoms with van der Waals surface area (Å²) in [6.45, 7) is 2.32. The lowest BCUT2D eigenvalue weighted by Crippen LogP contribution is -2.30. The zero-order valence-corrected chi connectivity index (χ0v) is 18.8. The van der Waals surface area contributed by atoms with Crippen LogP contribution in [-0.4, -0.2) is 82.0 Å². The molecule has 2 aromatic heterocycles. The number of amides is 1. The molecule has 33 heavy (non-hydrogen) atoms. The van der Waals surface area contributed by atoms with Crippen LogP contribution < -0.4 is 10.1 Å². The molecule has 9 heteroatoms. The molecule has 3 aromatic rings. The normalized spacial score (nSPS) is 15.7. The van der Waals surface area contributed by atoms with E-state index in [1.807, 2.05) is 60.3 Å². The van der Waals surface area contributed by atoms with E-state index in [9.17, 15) is 4.79 Å². The fraction of sp³-hybridized carbons (Fsp3) is 0.333. The van der Waals surface area contributed by atoms with Crippen LogP contribution in [0.5, 0.6) is 5.75 Å². The number of ether oxygens (including phenoxy) is 1. The number of carbonyl (C=O) groups is 1. The van der Waals surface area contributed by atoms with Crippen molar-refractivity contribution in [1.82, 2.24) is 29.7 Å². The van der Waals surface area contributed by atoms with E-state index in [0.717, 1.165) is 18.7 Å². The van der Waals surface area contributed by atoms with E-state index in [1.165, 1.54) is 6.33 Å². The van der Waals surface area contributed by atoms with Crippen molar-refractivity contribution in [3.63, 3.8) is 0 Å². The van der Waals surface area contributed by atoms with E-state index < -0.39 is 0 Å². The Labute approximate surface area is 192 Å². The Morgan fingerprint density at radius 3 is 3.00 bits per heavy atom. The Balaban J connectivity index is 1.36. The van der Waals surface area contributed by atoms with Crippen LogP contribution in [0.1, 0.15) is 12.2 Å². The van der Waals surface area contributed by atoms with Crippen molar-refractivity contribution in [3.05, 3.63) is 54.6 Å². The van der Waals surface area contributed by atoms with Crippen LogP contribution in [0.15, 0.2) is 48.8 Å². The van der Waals surface area contributed by atoms with E-state index in [1.54, 1.807) is 6.08 Å². The second kappa shape index (κ2) is 10.6. The molecule has 0 unspecified atom stereocenters. The summed E-state index contributed by atoms with van der Waals surface area (Å²) in [6, 6.07) is 9.63. The maximum atomic E-state index is 12.4. The molecule has 0 saturated carbocycles. The van der Waals surface area contributed by atoms with Gasteiger partial charge in [0.2, 0.25) is 5.91 Å². The third kappa shape index (κ3) is 6.08. The maximum absolute atomic E-state index is 12.4. The molecular weight excluding hydrogens is 418 g/mol. The number of anilines is 1. The van der Waals surface area contributed by atoms with Crippen LogP contribution in [0.4, 0.5) is 5.82 Å². The topological polar surface area (TPSA) is 99.3 Å². The summed E-state index contributed by atoms with van der Waals surface area (Å²) in [5.41, 5.74) is 1.24. The van der Waals surface area contributed by atoms with Gasteiger partial charge in [0.25, 0.3) is 0 Å². The van der Waals surface area contributed by atoms with Gasteiger partial charge in [0.1, 0.15) is 24.2 Å². The largest absolute Gasteiger partial charge is 0.481 e. The highest BCUT2D eigenvalue weighted by Crippen LogP contribution is 2.20. The number of hydrogen-bond acceptors (Lipinski definition) is 7. The summed E-state index contributed by atoms with van der Waals surface area (Å²) in [5.74, 6) is 7.89. The summed E-state index contributed by atoms with van der Waals surface area (Å²) in [5, 5.41) is 3.42. The number of H-pyrrole nitrogens is 1. The molecule has 0 radical (unpaired) electrons. The van der Waals surface area contributed by atoms with Crippen molar-refractivity contribution in [3.8, 4) is 17.6 Å². The van der Waals surface area contributed by atoms with Gasteiger partial charge in [-0.1, -0.05) is 30.2 Å². The van der Waals surface area contributed by atoms with Gasteiger partial charge in [-0.25, -0.2) is 15.0 Å². The molecule has 1 amide bonds. The first-order chi connectivity index (χ1) is 16.1. The summed E-state index contributed by atoms with van der Waals surface area (Å²) >= 11 is 0. The second-order valence-corrected chi connectivity index (χ2v) is 7.99. The minimum atomic E-state index is 0.0332. The monoisotopic (exact) mass is 445 g/mol. The lowest BCUT2D eigenvalue weighted by atomic mass is 10.2. The molecule has 1 saturated heterocycles. The molecule has 0 bridgehead atoms. The zero-order chi connectivity index (χ0) is 23.0. The molecular formula is C24H27N7O2. The Kier molecular flexibility index (Phi) is 7.17. The van der Waals surface area contributed by atoms with E-state index in [0.29, 0.717) is 35.9 Å². The quantitative estimate of drug-likeness (QED) is 0.423. The lowest BCUT2D eigenvalue weighted by molar-refractivity contribution is -0.125. The van der Waals surface area contributed by atoms with Crippen LogP contribution in [0, 0.1) is 11.8 Å². The van der Waals surface area contributed by atoms with E-state index in [4.69, 9.17) is 4.74 Å². The Morgan fingerprint density at radius 1 is 1.33 bits per heavy atom. The number of likely N-dealkylation sites (N-methyl/N-ethyl adjacent to an activating group) is 1. The first-order valence-corrected chi connectivity index (χ1v) is 10.8. The number of benzene rings is 1. The number of carbonyl (C=O) groups excluding carboxylic acids is 1. The van der Waals surface area contributed by atoms with E-state index in [2.05, 4.69) is 37.1 Å². The molecule has 1 aliphatic rings. The van der Waals surface area contributed by atoms with Crippen molar-refractivity contribution in [1.29, 1.82) is 0 Å². The predicted molar refractivity (Wildman–Crippen MR) is 127 cm³/mol. The third-order valence-electron chi connectivity index (χ3n) is 5.12. The number of hydrogen-bond donors (Lipinski definition) is 2. The van der Waals surface area contributed by atoms with Gasteiger partial charge in [0, 0.05) is 31.8 Å². The highest BCUT2D eigenvalue weighted by molar-refractivity contribution is 5.88. The number of rotatable bonds is 7. The molecule has 9 nitrogen and oxygen atoms in total. The number of para-hydroxylation sites is 1. The van der Waals surface area contributed by atoms with E-state index in [-0.39, 0.29) is 18.6 Å². The smallest absolute Gasteiger partial charge is 0.246 e. The average molecular weight is 446 g/mol. The zero-order valence-electron chi connectivity index (χ0n) is 18.8. The average Bonchev–Trinajstić information content (AvgIpc) is 3.45. The lowest BCUT2D eigenvalue weighted by Gasteiger charge is -2.16. The van der Waals surface area contributed by atoms with Crippen LogP contribution in [0.3, 0.4) is 0 Å². The molecule has 4 rings (SSSR count). The van der Waals surface area contributed by atoms with Crippen LogP contribution in [-0.2, 0) is 4.79 Å². The highest BCUT2D eigenvalue weighted by Gasteiger charge is 2.26. The number of aromatic nitrogens is 4. The van der Waals surface area contributed by atoms with Gasteiger partial charge in [-0.3, -0.25) is 4.79 Å². The molecule has 170 valence electrons. The third-order valence-corrected chi connectivity index (χ3v) is 5.12. The fourth-order valence-corrected chi connectivity index (χ4v) is 3.49. The molecule has 1 aromatic carbocycles. The van der Waals surface area contributed by atoms with Gasteiger partial charge < -0.3 is 24.8 Å². The Morgan fingerprint density at radius 2 is 2.18 bits per heavy atom. The van der Waals surface area contributed by atoms with Crippen molar-refractivity contribution in [2.75, 3.05) is 45.7 Å². The van der Waals surface area contributed by atoms with Crippen LogP contribution in [0.25, 0.3) is 11.2 Å². The predicted octanol–water partition coefficient (Wildman–Crippen LogP) is 1.91. The minimum absolute atomic E-state index is 0.0332. The molecule has 3 heterocycles. The molecule has 1 aliphatic heterocycles. The fourth-order valence-electron chi connectivity index (χ4n) is 3.49. The summed E-state index contributed by atoms with van der Waals surface area (Å²) < 4.78 is 5.58. The molecule has 1 atom stereocenters. The molecule has 2 N–H and O–H groups in total. The first-order valence-electron chi connectivity index (χ1n) is 10.8. The van der Waals surface area contributed by atoms with Crippen molar-refractivity contribution in [2.24, 2.45) is 0 Å². The Hall–Kier alpha value is -3.90. The highest BCUT2D eigenvalue weighted by atomic mass is 16.5. The molecule has 0 spiro atoms. The van der Waals surface area contributed by atoms with E-state index >= 15 is 0 Å². The van der Waals surface area contributed by atoms with Gasteiger partial charge in [-0.2, -0.15) is 0 Å². The van der Waals surface area contributed by atoms with Crippen molar-refractivity contribution >= 4 is 22.9 Å². The number of imidazole rings is 1. The van der Waals surface area contributed by atoms with Gasteiger partial charge in [0.15, 0.2) is 17.3 Å². The number of likely N-dealkylation sites (tertiary alicyclic amines) is 1. The van der Waals surface area contributed by atoms with Crippen molar-refractivity contribution < 1.29 is 9.53 Å². The Bertz CT molecular complexity index is 1180. The number of nitrogens with one attached hydrogen (secondary N) is 2. The van der Waals surface area contributed by atoms with Gasteiger partial charge in [-0.15, -0.1) is 0 Å². The number of aromatic amines is 1. The number of nitrogens with zero attached hydrogens (tertiary/aromatic N) is 5. The molecule has 1 fully saturated rings. The van der Waals surface area contributed by atoms with Crippen LogP contribution in [0.2, 0.25) is 0 Å². The number of fused-ring (bicyclic) bond motifs is 1. The van der Waals surface area contributed by atoms with Gasteiger partial charge >= 0.3 is 0 Å². The minimum Gasteiger partial charge on any atom is -0.481 e. The maximum Gasteiger partial charge on any atom is 0.246 e. The summed E-state index contributed by atoms with van der Waals surface area (Å²) in [7, 11) is 3.94. The second-order valence-electron chi connectivity index (χ2n) is 7.99. The SMILES string of the molecule is CN(C)CC=CC(=O)N1CC[C@@H](Nc2ncnc3nc(C#CCOc4ccccc4)[nH]c23)C1. The standard InChI is InChI=1S/C24H27N7O2/c1-30(2)13-6-11-21(32)31-14-12-18(16-31)27-23-22-24(26-17-25-23)29-20(28-22)10-7-15-33-19-8-4-3-5-9-19/h3-6,8-9,11,17-18H,12-16H2,1-2H3,(H2,25,26,27,28,29)/t18-/m1/s1. The molecule has 0 aliphatic carbocycles. The first kappa shape index (κ1) is 22.3.